The quantitative estimate of drug-likeness (QED) is 0.710. The number of aromatic nitrogens is 1. The molecular formula is C18H20N2O4. The molecule has 24 heavy (non-hydrogen) atoms. The van der Waals surface area contributed by atoms with Crippen LogP contribution in [0.4, 0.5) is 0 Å². The van der Waals surface area contributed by atoms with Crippen molar-refractivity contribution in [2.75, 3.05) is 0 Å². The Morgan fingerprint density at radius 3 is 2.33 bits per heavy atom. The predicted molar refractivity (Wildman–Crippen MR) is 89.2 cm³/mol. The number of hydrogen-bond acceptors (Lipinski definition) is 3. The van der Waals surface area contributed by atoms with Gasteiger partial charge in [-0.15, -0.1) is 0 Å². The number of carbonyl (C=O) groups is 3. The average molecular weight is 328 g/mol. The summed E-state index contributed by atoms with van der Waals surface area (Å²) in [6, 6.07) is 7.31. The number of rotatable bonds is 6. The first-order valence-electron chi connectivity index (χ1n) is 7.67. The summed E-state index contributed by atoms with van der Waals surface area (Å²) >= 11 is 0. The molecule has 0 aliphatic heterocycles. The molecule has 0 aliphatic carbocycles. The lowest BCUT2D eigenvalue weighted by molar-refractivity contribution is -0.139. The van der Waals surface area contributed by atoms with E-state index in [4.69, 9.17) is 0 Å². The number of Topliss-reactive ketones (excluding diaryl/α,β-unsaturated/α-hetero) is 1. The lowest BCUT2D eigenvalue weighted by Crippen LogP contribution is -2.34. The summed E-state index contributed by atoms with van der Waals surface area (Å²) in [6.07, 6.45) is 0.491. The van der Waals surface area contributed by atoms with Gasteiger partial charge in [-0.25, -0.2) is 4.79 Å². The number of carboxylic acids is 1. The van der Waals surface area contributed by atoms with Gasteiger partial charge in [0.1, 0.15) is 5.69 Å². The summed E-state index contributed by atoms with van der Waals surface area (Å²) in [5.41, 5.74) is 2.42. The molecule has 6 nitrogen and oxygen atoms in total. The Bertz CT molecular complexity index is 778. The van der Waals surface area contributed by atoms with E-state index in [0.29, 0.717) is 28.8 Å². The van der Waals surface area contributed by atoms with Gasteiger partial charge in [-0.05, 0) is 31.4 Å². The van der Waals surface area contributed by atoms with Gasteiger partial charge in [-0.1, -0.05) is 37.3 Å². The zero-order chi connectivity index (χ0) is 17.9. The van der Waals surface area contributed by atoms with Gasteiger partial charge in [0.25, 0.3) is 5.91 Å². The van der Waals surface area contributed by atoms with E-state index in [1.807, 2.05) is 6.92 Å². The van der Waals surface area contributed by atoms with E-state index < -0.39 is 17.9 Å². The Hall–Kier alpha value is -2.89. The van der Waals surface area contributed by atoms with Gasteiger partial charge in [0.05, 0.1) is 0 Å². The van der Waals surface area contributed by atoms with Crippen LogP contribution in [0.2, 0.25) is 0 Å². The minimum absolute atomic E-state index is 0.127. The highest BCUT2D eigenvalue weighted by Crippen LogP contribution is 2.21. The molecule has 0 aliphatic rings. The first-order chi connectivity index (χ1) is 11.4. The number of benzene rings is 1. The lowest BCUT2D eigenvalue weighted by atomic mass is 10.0. The number of nitrogens with one attached hydrogen (secondary N) is 2. The van der Waals surface area contributed by atoms with Crippen molar-refractivity contribution in [2.45, 2.75) is 33.2 Å². The van der Waals surface area contributed by atoms with Crippen LogP contribution in [-0.2, 0) is 11.2 Å². The van der Waals surface area contributed by atoms with E-state index >= 15 is 0 Å². The van der Waals surface area contributed by atoms with Gasteiger partial charge < -0.3 is 15.4 Å². The Balaban J connectivity index is 2.37. The molecule has 2 rings (SSSR count). The fourth-order valence-electron chi connectivity index (χ4n) is 2.84. The van der Waals surface area contributed by atoms with Crippen LogP contribution in [0.15, 0.2) is 30.3 Å². The number of aryl methyl sites for hydroxylation is 1. The van der Waals surface area contributed by atoms with Crippen LogP contribution in [-0.4, -0.2) is 27.8 Å². The number of ketones is 1. The van der Waals surface area contributed by atoms with E-state index in [1.54, 1.807) is 37.3 Å². The summed E-state index contributed by atoms with van der Waals surface area (Å²) in [4.78, 5) is 38.8. The molecule has 0 fully saturated rings. The Morgan fingerprint density at radius 2 is 1.83 bits per heavy atom. The first-order valence-corrected chi connectivity index (χ1v) is 7.67. The molecule has 2 aromatic rings. The van der Waals surface area contributed by atoms with Crippen molar-refractivity contribution in [1.29, 1.82) is 0 Å². The molecule has 0 bridgehead atoms. The van der Waals surface area contributed by atoms with Gasteiger partial charge in [-0.2, -0.15) is 0 Å². The van der Waals surface area contributed by atoms with E-state index in [1.165, 1.54) is 6.92 Å². The highest BCUT2D eigenvalue weighted by Gasteiger charge is 2.26. The second kappa shape index (κ2) is 7.12. The van der Waals surface area contributed by atoms with Crippen molar-refractivity contribution < 1.29 is 19.5 Å². The van der Waals surface area contributed by atoms with Crippen LogP contribution in [0.3, 0.4) is 0 Å². The molecule has 1 unspecified atom stereocenters. The zero-order valence-electron chi connectivity index (χ0n) is 13.8. The van der Waals surface area contributed by atoms with E-state index in [-0.39, 0.29) is 11.5 Å². The van der Waals surface area contributed by atoms with Crippen molar-refractivity contribution in [3.63, 3.8) is 0 Å². The Morgan fingerprint density at radius 1 is 1.21 bits per heavy atom. The molecule has 1 aromatic heterocycles. The van der Waals surface area contributed by atoms with Crippen molar-refractivity contribution >= 4 is 17.7 Å². The highest BCUT2D eigenvalue weighted by atomic mass is 16.4. The van der Waals surface area contributed by atoms with Gasteiger partial charge >= 0.3 is 5.97 Å². The van der Waals surface area contributed by atoms with Crippen LogP contribution in [0.5, 0.6) is 0 Å². The summed E-state index contributed by atoms with van der Waals surface area (Å²) in [5.74, 6) is -1.82. The first kappa shape index (κ1) is 17.5. The standard InChI is InChI=1S/C18H20N2O4/c1-4-13-14(11(3)21)10(2)19-16(13)17(22)20-15(18(23)24)12-8-6-5-7-9-12/h5-9,15,19H,4H2,1-3H3,(H,20,22)(H,23,24). The van der Waals surface area contributed by atoms with Crippen molar-refractivity contribution in [3.8, 4) is 0 Å². The van der Waals surface area contributed by atoms with Gasteiger partial charge in [-0.3, -0.25) is 9.59 Å². The topological polar surface area (TPSA) is 99.3 Å². The predicted octanol–water partition coefficient (Wildman–Crippen LogP) is 2.64. The minimum Gasteiger partial charge on any atom is -0.479 e. The molecule has 1 heterocycles. The van der Waals surface area contributed by atoms with Crippen LogP contribution in [0.1, 0.15) is 57.6 Å². The maximum Gasteiger partial charge on any atom is 0.330 e. The smallest absolute Gasteiger partial charge is 0.330 e. The number of aliphatic carboxylic acids is 1. The molecular weight excluding hydrogens is 308 g/mol. The third kappa shape index (κ3) is 3.37. The third-order valence-corrected chi connectivity index (χ3v) is 3.88. The summed E-state index contributed by atoms with van der Waals surface area (Å²) in [7, 11) is 0. The molecule has 0 radical (unpaired) electrons. The molecule has 3 N–H and O–H groups in total. The molecule has 1 amide bonds. The van der Waals surface area contributed by atoms with Gasteiger partial charge in [0.2, 0.25) is 0 Å². The molecule has 126 valence electrons. The molecule has 6 heteroatoms. The largest absolute Gasteiger partial charge is 0.479 e. The fourth-order valence-corrected chi connectivity index (χ4v) is 2.84. The second-order valence-corrected chi connectivity index (χ2v) is 5.54. The Labute approximate surface area is 139 Å². The highest BCUT2D eigenvalue weighted by molar-refractivity contribution is 6.03. The summed E-state index contributed by atoms with van der Waals surface area (Å²) in [5, 5.41) is 11.9. The zero-order valence-corrected chi connectivity index (χ0v) is 13.8. The van der Waals surface area contributed by atoms with E-state index in [9.17, 15) is 19.5 Å². The molecule has 1 atom stereocenters. The van der Waals surface area contributed by atoms with Crippen LogP contribution in [0.25, 0.3) is 0 Å². The van der Waals surface area contributed by atoms with Crippen LogP contribution >= 0.6 is 0 Å². The number of carboxylic acid groups (broad SMARTS) is 1. The fraction of sp³-hybridized carbons (Fsp3) is 0.278. The maximum absolute atomic E-state index is 12.6. The number of amides is 1. The monoisotopic (exact) mass is 328 g/mol. The van der Waals surface area contributed by atoms with Gasteiger partial charge in [0, 0.05) is 11.3 Å². The van der Waals surface area contributed by atoms with E-state index in [0.717, 1.165) is 0 Å². The van der Waals surface area contributed by atoms with E-state index in [2.05, 4.69) is 10.3 Å². The average Bonchev–Trinajstić information content (AvgIpc) is 2.89. The second-order valence-electron chi connectivity index (χ2n) is 5.54. The van der Waals surface area contributed by atoms with Crippen molar-refractivity contribution in [1.82, 2.24) is 10.3 Å². The minimum atomic E-state index is -1.16. The van der Waals surface area contributed by atoms with Crippen LogP contribution in [0, 0.1) is 6.92 Å². The Kier molecular flexibility index (Phi) is 5.18. The normalized spacial score (nSPS) is 11.8. The molecule has 0 saturated heterocycles. The van der Waals surface area contributed by atoms with Crippen LogP contribution < -0.4 is 5.32 Å². The number of hydrogen-bond donors (Lipinski definition) is 3. The lowest BCUT2D eigenvalue weighted by Gasteiger charge is -2.15. The molecule has 1 aromatic carbocycles. The van der Waals surface area contributed by atoms with Crippen molar-refractivity contribution in [3.05, 3.63) is 58.4 Å². The number of aromatic amines is 1. The molecule has 0 saturated carbocycles. The van der Waals surface area contributed by atoms with Crippen molar-refractivity contribution in [2.24, 2.45) is 0 Å². The van der Waals surface area contributed by atoms with Gasteiger partial charge in [0.15, 0.2) is 11.8 Å². The number of carbonyl (C=O) groups excluding carboxylic acids is 2. The summed E-state index contributed by atoms with van der Waals surface area (Å²) < 4.78 is 0. The third-order valence-electron chi connectivity index (χ3n) is 3.88. The molecule has 0 spiro atoms. The maximum atomic E-state index is 12.6. The number of H-pyrrole nitrogens is 1. The SMILES string of the molecule is CCc1c(C(=O)NC(C(=O)O)c2ccccc2)[nH]c(C)c1C(C)=O. The summed E-state index contributed by atoms with van der Waals surface area (Å²) in [6.45, 7) is 5.01.